The molecule has 12 heteroatoms. The van der Waals surface area contributed by atoms with E-state index in [1.54, 1.807) is 31.5 Å². The van der Waals surface area contributed by atoms with Gasteiger partial charge in [-0.3, -0.25) is 4.79 Å². The molecule has 4 heterocycles. The zero-order valence-corrected chi connectivity index (χ0v) is 25.0. The van der Waals surface area contributed by atoms with Gasteiger partial charge in [0.05, 0.1) is 24.0 Å². The van der Waals surface area contributed by atoms with Gasteiger partial charge in [0.1, 0.15) is 35.7 Å². The summed E-state index contributed by atoms with van der Waals surface area (Å²) in [5.74, 6) is 2.08. The molecule has 2 N–H and O–H groups in total. The highest BCUT2D eigenvalue weighted by Crippen LogP contribution is 2.35. The highest BCUT2D eigenvalue weighted by molar-refractivity contribution is 5.95. The predicted octanol–water partition coefficient (Wildman–Crippen LogP) is 5.58. The van der Waals surface area contributed by atoms with E-state index in [0.717, 1.165) is 62.9 Å². The van der Waals surface area contributed by atoms with Gasteiger partial charge in [-0.2, -0.15) is 4.98 Å². The van der Waals surface area contributed by atoms with Crippen molar-refractivity contribution in [1.82, 2.24) is 24.8 Å². The van der Waals surface area contributed by atoms with Crippen molar-refractivity contribution < 1.29 is 18.7 Å². The quantitative estimate of drug-likeness (QED) is 0.185. The third kappa shape index (κ3) is 7.56. The number of aromatic nitrogens is 4. The fourth-order valence-corrected chi connectivity index (χ4v) is 5.21. The fourth-order valence-electron chi connectivity index (χ4n) is 5.21. The van der Waals surface area contributed by atoms with E-state index in [1.165, 1.54) is 18.5 Å². The van der Waals surface area contributed by atoms with E-state index in [2.05, 4.69) is 54.0 Å². The van der Waals surface area contributed by atoms with Gasteiger partial charge in [-0.1, -0.05) is 6.58 Å². The first-order chi connectivity index (χ1) is 21.5. The van der Waals surface area contributed by atoms with Gasteiger partial charge in [0, 0.05) is 48.9 Å². The lowest BCUT2D eigenvalue weighted by molar-refractivity contribution is -0.104. The van der Waals surface area contributed by atoms with Gasteiger partial charge in [-0.05, 0) is 70.1 Å². The summed E-state index contributed by atoms with van der Waals surface area (Å²) >= 11 is 0. The number of halogens is 1. The molecule has 44 heavy (non-hydrogen) atoms. The highest BCUT2D eigenvalue weighted by Gasteiger charge is 2.20. The predicted molar refractivity (Wildman–Crippen MR) is 170 cm³/mol. The van der Waals surface area contributed by atoms with Crippen molar-refractivity contribution in [3.8, 4) is 17.4 Å². The van der Waals surface area contributed by atoms with Gasteiger partial charge in [-0.25, -0.2) is 19.3 Å². The molecule has 6 rings (SSSR count). The number of hydrogen-bond acceptors (Lipinski definition) is 11. The number of carbonyl (C=O) groups excluding carboxylic acids is 1. The van der Waals surface area contributed by atoms with Crippen LogP contribution in [-0.2, 0) is 4.79 Å². The number of carbonyl (C=O) groups is 1. The van der Waals surface area contributed by atoms with Crippen LogP contribution in [0.3, 0.4) is 0 Å². The minimum atomic E-state index is -0.476. The smallest absolute Gasteiger partial charge is 0.228 e. The van der Waals surface area contributed by atoms with E-state index in [1.807, 2.05) is 12.1 Å². The lowest BCUT2D eigenvalue weighted by Gasteiger charge is -2.30. The Morgan fingerprint density at radius 3 is 2.50 bits per heavy atom. The zero-order chi connectivity index (χ0) is 30.9. The molecule has 230 valence electrons. The summed E-state index contributed by atoms with van der Waals surface area (Å²) in [7, 11) is 3.79. The number of hydrogen-bond donors (Lipinski definition) is 2. The van der Waals surface area contributed by atoms with Crippen molar-refractivity contribution >= 4 is 40.3 Å². The third-order valence-electron chi connectivity index (χ3n) is 7.55. The number of nitrogens with one attached hydrogen (secondary N) is 2. The second kappa shape index (κ2) is 14.6. The first-order valence-electron chi connectivity index (χ1n) is 14.6. The van der Waals surface area contributed by atoms with Crippen LogP contribution in [0.25, 0.3) is 10.9 Å². The van der Waals surface area contributed by atoms with E-state index in [-0.39, 0.29) is 5.69 Å². The number of aldehydes is 1. The van der Waals surface area contributed by atoms with E-state index < -0.39 is 5.82 Å². The van der Waals surface area contributed by atoms with Crippen LogP contribution in [0.2, 0.25) is 0 Å². The highest BCUT2D eigenvalue weighted by atomic mass is 19.1. The largest absolute Gasteiger partial charge is 0.495 e. The summed E-state index contributed by atoms with van der Waals surface area (Å²) in [6.07, 6.45) is 9.29. The second-order valence-electron chi connectivity index (χ2n) is 10.6. The fraction of sp³-hybridized carbons (Fsp3) is 0.344. The van der Waals surface area contributed by atoms with Crippen molar-refractivity contribution in [1.29, 1.82) is 0 Å². The molecular weight excluding hydrogens is 563 g/mol. The standard InChI is InChI=1S/C29H33FN8O2.C3H4O/c1-37-13-8-19(9-14-37)34-25-16-21-24(17-26(25)39-2)32-18-33-28(21)35-23-6-5-20(15-22(23)30)40-27-7-10-31-29(36-27)38-11-3-4-12-38;1-2-3-4/h5-7,10,15-19,34H,3-4,8-9,11-14H2,1-2H3,(H,32,33,35);2-3H,1H2. The Morgan fingerprint density at radius 1 is 1.02 bits per heavy atom. The van der Waals surface area contributed by atoms with E-state index in [9.17, 15) is 0 Å². The van der Waals surface area contributed by atoms with Crippen LogP contribution in [0.4, 0.5) is 27.5 Å². The van der Waals surface area contributed by atoms with Crippen molar-refractivity contribution in [2.24, 2.45) is 0 Å². The Morgan fingerprint density at radius 2 is 1.80 bits per heavy atom. The van der Waals surface area contributed by atoms with Crippen molar-refractivity contribution in [2.45, 2.75) is 31.7 Å². The molecule has 4 aromatic rings. The minimum Gasteiger partial charge on any atom is -0.495 e. The molecule has 2 aliphatic heterocycles. The molecule has 11 nitrogen and oxygen atoms in total. The van der Waals surface area contributed by atoms with E-state index in [0.29, 0.717) is 47.0 Å². The van der Waals surface area contributed by atoms with Crippen LogP contribution in [0.15, 0.2) is 61.6 Å². The average molecular weight is 601 g/mol. The SMILES string of the molecule is C=CC=O.COc1cc2ncnc(Nc3ccc(Oc4ccnc(N5CCCC5)n4)cc3F)c2cc1NC1CCN(C)CC1. The van der Waals surface area contributed by atoms with Crippen molar-refractivity contribution in [3.05, 3.63) is 67.4 Å². The normalized spacial score (nSPS) is 15.3. The number of piperidine rings is 1. The lowest BCUT2D eigenvalue weighted by Crippen LogP contribution is -2.36. The Bertz CT molecular complexity index is 1580. The molecule has 2 aromatic heterocycles. The van der Waals surface area contributed by atoms with Gasteiger partial charge in [0.2, 0.25) is 11.8 Å². The van der Waals surface area contributed by atoms with Crippen LogP contribution < -0.4 is 25.0 Å². The number of ether oxygens (including phenoxy) is 2. The monoisotopic (exact) mass is 600 g/mol. The van der Waals surface area contributed by atoms with Crippen molar-refractivity contribution in [3.63, 3.8) is 0 Å². The number of allylic oxidation sites excluding steroid dienone is 1. The van der Waals surface area contributed by atoms with Gasteiger partial charge in [-0.15, -0.1) is 0 Å². The Labute approximate surface area is 256 Å². The van der Waals surface area contributed by atoms with Crippen LogP contribution in [-0.4, -0.2) is 77.5 Å². The summed E-state index contributed by atoms with van der Waals surface area (Å²) < 4.78 is 26.7. The maximum atomic E-state index is 15.2. The first kappa shape index (κ1) is 30.6. The molecular formula is C32H37FN8O3. The van der Waals surface area contributed by atoms with Crippen LogP contribution in [0, 0.1) is 5.82 Å². The molecule has 0 atom stereocenters. The maximum Gasteiger partial charge on any atom is 0.228 e. The maximum absolute atomic E-state index is 15.2. The van der Waals surface area contributed by atoms with E-state index >= 15 is 4.39 Å². The minimum absolute atomic E-state index is 0.272. The zero-order valence-electron chi connectivity index (χ0n) is 25.0. The Hall–Kier alpha value is -4.84. The molecule has 0 bridgehead atoms. The average Bonchev–Trinajstić information content (AvgIpc) is 3.59. The van der Waals surface area contributed by atoms with Gasteiger partial charge >= 0.3 is 0 Å². The molecule has 0 aliphatic carbocycles. The molecule has 0 amide bonds. The number of likely N-dealkylation sites (tertiary alicyclic amines) is 1. The molecule has 0 unspecified atom stereocenters. The second-order valence-corrected chi connectivity index (χ2v) is 10.6. The topological polar surface area (TPSA) is 118 Å². The number of methoxy groups -OCH3 is 1. The molecule has 0 saturated carbocycles. The number of nitrogens with zero attached hydrogens (tertiary/aromatic N) is 6. The van der Waals surface area contributed by atoms with Gasteiger partial charge in [0.15, 0.2) is 0 Å². The molecule has 2 aromatic carbocycles. The Kier molecular flexibility index (Phi) is 10.1. The lowest BCUT2D eigenvalue weighted by atomic mass is 10.0. The number of benzene rings is 2. The molecule has 0 spiro atoms. The van der Waals surface area contributed by atoms with E-state index in [4.69, 9.17) is 14.3 Å². The molecule has 0 radical (unpaired) electrons. The summed E-state index contributed by atoms with van der Waals surface area (Å²) in [4.78, 5) is 31.2. The van der Waals surface area contributed by atoms with Crippen molar-refractivity contribution in [2.75, 3.05) is 55.9 Å². The third-order valence-corrected chi connectivity index (χ3v) is 7.55. The first-order valence-corrected chi connectivity index (χ1v) is 14.6. The molecule has 2 fully saturated rings. The molecule has 2 aliphatic rings. The Balaban J connectivity index is 0.000000906. The summed E-state index contributed by atoms with van der Waals surface area (Å²) in [5.41, 5.74) is 1.83. The summed E-state index contributed by atoms with van der Waals surface area (Å²) in [6.45, 7) is 7.05. The van der Waals surface area contributed by atoms with Crippen LogP contribution in [0.5, 0.6) is 17.4 Å². The molecule has 2 saturated heterocycles. The summed E-state index contributed by atoms with van der Waals surface area (Å²) in [6, 6.07) is 10.5. The number of fused-ring (bicyclic) bond motifs is 1. The summed E-state index contributed by atoms with van der Waals surface area (Å²) in [5, 5.41) is 7.52. The van der Waals surface area contributed by atoms with Crippen LogP contribution >= 0.6 is 0 Å². The number of anilines is 4. The van der Waals surface area contributed by atoms with Crippen LogP contribution in [0.1, 0.15) is 25.7 Å². The van der Waals surface area contributed by atoms with Gasteiger partial charge in [0.25, 0.3) is 0 Å². The van der Waals surface area contributed by atoms with Gasteiger partial charge < -0.3 is 29.9 Å². The number of rotatable bonds is 9.